The van der Waals surface area contributed by atoms with Crippen LogP contribution in [0, 0.1) is 10.1 Å². The van der Waals surface area contributed by atoms with Crippen molar-refractivity contribution in [1.82, 2.24) is 9.88 Å². The fraction of sp³-hybridized carbons (Fsp3) is 0.333. The highest BCUT2D eigenvalue weighted by Crippen LogP contribution is 2.33. The molecule has 3 aromatic rings. The Morgan fingerprint density at radius 3 is 2.75 bits per heavy atom. The minimum atomic E-state index is -0.546. The number of non-ortho nitro benzene ring substituents is 1. The van der Waals surface area contributed by atoms with Gasteiger partial charge in [-0.3, -0.25) is 24.7 Å². The number of ether oxygens (including phenoxy) is 1. The van der Waals surface area contributed by atoms with Crippen LogP contribution in [0.2, 0.25) is 10.0 Å². The highest BCUT2D eigenvalue weighted by molar-refractivity contribution is 7.22. The van der Waals surface area contributed by atoms with E-state index in [0.29, 0.717) is 36.3 Å². The Labute approximate surface area is 198 Å². The molecule has 0 N–H and O–H groups in total. The number of rotatable bonds is 7. The van der Waals surface area contributed by atoms with Crippen LogP contribution in [0.25, 0.3) is 10.2 Å². The van der Waals surface area contributed by atoms with Crippen molar-refractivity contribution in [3.63, 3.8) is 0 Å². The molecule has 11 heteroatoms. The summed E-state index contributed by atoms with van der Waals surface area (Å²) >= 11 is 13.7. The van der Waals surface area contributed by atoms with Gasteiger partial charge >= 0.3 is 0 Å². The van der Waals surface area contributed by atoms with Crippen LogP contribution >= 0.6 is 34.5 Å². The second-order valence-corrected chi connectivity index (χ2v) is 9.15. The third kappa shape index (κ3) is 5.19. The zero-order valence-electron chi connectivity index (χ0n) is 17.0. The molecule has 1 fully saturated rings. The van der Waals surface area contributed by atoms with E-state index in [2.05, 4.69) is 9.88 Å². The van der Waals surface area contributed by atoms with Crippen LogP contribution in [0.4, 0.5) is 10.8 Å². The lowest BCUT2D eigenvalue weighted by atomic mass is 10.1. The molecule has 0 spiro atoms. The van der Waals surface area contributed by atoms with E-state index in [9.17, 15) is 14.9 Å². The lowest BCUT2D eigenvalue weighted by molar-refractivity contribution is -0.384. The summed E-state index contributed by atoms with van der Waals surface area (Å²) in [6.45, 7) is 4.29. The Hall–Kier alpha value is -2.30. The lowest BCUT2D eigenvalue weighted by Crippen LogP contribution is -2.39. The molecule has 0 atom stereocenters. The minimum Gasteiger partial charge on any atom is -0.379 e. The van der Waals surface area contributed by atoms with E-state index >= 15 is 0 Å². The van der Waals surface area contributed by atoms with Crippen LogP contribution in [-0.4, -0.2) is 60.1 Å². The number of amides is 1. The van der Waals surface area contributed by atoms with Crippen LogP contribution in [0.1, 0.15) is 16.8 Å². The number of aromatic nitrogens is 1. The van der Waals surface area contributed by atoms with Crippen molar-refractivity contribution < 1.29 is 14.5 Å². The Kier molecular flexibility index (Phi) is 7.22. The van der Waals surface area contributed by atoms with E-state index in [1.165, 1.54) is 29.5 Å². The summed E-state index contributed by atoms with van der Waals surface area (Å²) in [7, 11) is 0. The van der Waals surface area contributed by atoms with E-state index < -0.39 is 10.8 Å². The zero-order valence-corrected chi connectivity index (χ0v) is 19.3. The molecule has 1 aromatic heterocycles. The van der Waals surface area contributed by atoms with Gasteiger partial charge in [-0.2, -0.15) is 0 Å². The molecular weight excluding hydrogens is 475 g/mol. The number of anilines is 1. The standard InChI is InChI=1S/C21H20Cl2N4O4S/c22-14-2-5-18-19(12-14)32-21(24-18)26(7-1-6-25-8-10-31-11-9-25)20(28)16-13-15(27(29)30)3-4-17(16)23/h2-5,12-13H,1,6-11H2. The van der Waals surface area contributed by atoms with Crippen molar-refractivity contribution in [3.8, 4) is 0 Å². The summed E-state index contributed by atoms with van der Waals surface area (Å²) in [6.07, 6.45) is 0.703. The third-order valence-corrected chi connectivity index (χ3v) is 6.77. The predicted octanol–water partition coefficient (Wildman–Crippen LogP) is 4.88. The van der Waals surface area contributed by atoms with Crippen molar-refractivity contribution in [3.05, 3.63) is 62.1 Å². The molecule has 1 amide bonds. The monoisotopic (exact) mass is 494 g/mol. The minimum absolute atomic E-state index is 0.0736. The SMILES string of the molecule is O=C(c1cc([N+](=O)[O-])ccc1Cl)N(CCCN1CCOCC1)c1nc2ccc(Cl)cc2s1. The van der Waals surface area contributed by atoms with Crippen molar-refractivity contribution in [1.29, 1.82) is 0 Å². The number of benzene rings is 2. The molecule has 0 saturated carbocycles. The average molecular weight is 495 g/mol. The molecule has 0 bridgehead atoms. The first-order valence-electron chi connectivity index (χ1n) is 10.0. The molecular formula is C21H20Cl2N4O4S. The number of carbonyl (C=O) groups is 1. The van der Waals surface area contributed by atoms with Gasteiger partial charge in [0, 0.05) is 43.3 Å². The number of morpholine rings is 1. The summed E-state index contributed by atoms with van der Waals surface area (Å²) in [5.41, 5.74) is 0.608. The number of hydrogen-bond acceptors (Lipinski definition) is 7. The number of nitrogens with zero attached hydrogens (tertiary/aromatic N) is 4. The molecule has 2 heterocycles. The van der Waals surface area contributed by atoms with Gasteiger partial charge in [-0.1, -0.05) is 34.5 Å². The Bertz CT molecular complexity index is 1150. The summed E-state index contributed by atoms with van der Waals surface area (Å²) in [6, 6.07) is 9.21. The van der Waals surface area contributed by atoms with Crippen LogP contribution in [0.15, 0.2) is 36.4 Å². The number of hydrogen-bond donors (Lipinski definition) is 0. The zero-order chi connectivity index (χ0) is 22.7. The smallest absolute Gasteiger partial charge is 0.270 e. The number of fused-ring (bicyclic) bond motifs is 1. The largest absolute Gasteiger partial charge is 0.379 e. The van der Waals surface area contributed by atoms with Gasteiger partial charge in [-0.25, -0.2) is 4.98 Å². The molecule has 32 heavy (non-hydrogen) atoms. The molecule has 0 unspecified atom stereocenters. The molecule has 4 rings (SSSR count). The van der Waals surface area contributed by atoms with Crippen molar-refractivity contribution >= 4 is 61.5 Å². The van der Waals surface area contributed by atoms with Gasteiger partial charge < -0.3 is 4.74 Å². The van der Waals surface area contributed by atoms with E-state index in [1.54, 1.807) is 23.1 Å². The second kappa shape index (κ2) is 10.1. The number of carbonyl (C=O) groups excluding carboxylic acids is 1. The predicted molar refractivity (Wildman–Crippen MR) is 126 cm³/mol. The first kappa shape index (κ1) is 22.9. The van der Waals surface area contributed by atoms with Gasteiger partial charge in [0.15, 0.2) is 5.13 Å². The first-order valence-corrected chi connectivity index (χ1v) is 11.6. The van der Waals surface area contributed by atoms with Gasteiger partial charge in [0.1, 0.15) is 0 Å². The van der Waals surface area contributed by atoms with Crippen LogP contribution in [-0.2, 0) is 4.74 Å². The number of halogens is 2. The summed E-state index contributed by atoms with van der Waals surface area (Å²) in [5, 5.41) is 12.5. The fourth-order valence-corrected chi connectivity index (χ4v) is 4.96. The fourth-order valence-electron chi connectivity index (χ4n) is 3.50. The highest BCUT2D eigenvalue weighted by atomic mass is 35.5. The maximum absolute atomic E-state index is 13.5. The second-order valence-electron chi connectivity index (χ2n) is 7.29. The van der Waals surface area contributed by atoms with Crippen molar-refractivity contribution in [2.75, 3.05) is 44.3 Å². The molecule has 1 aliphatic heterocycles. The number of nitro groups is 1. The Morgan fingerprint density at radius 1 is 1.22 bits per heavy atom. The number of nitro benzene ring substituents is 1. The van der Waals surface area contributed by atoms with Crippen LogP contribution < -0.4 is 4.90 Å². The molecule has 8 nitrogen and oxygen atoms in total. The molecule has 0 radical (unpaired) electrons. The first-order chi connectivity index (χ1) is 15.4. The number of thiazole rings is 1. The molecule has 1 aliphatic rings. The van der Waals surface area contributed by atoms with E-state index in [0.717, 1.165) is 29.9 Å². The van der Waals surface area contributed by atoms with Gasteiger partial charge in [-0.05, 0) is 30.7 Å². The van der Waals surface area contributed by atoms with Crippen molar-refractivity contribution in [2.24, 2.45) is 0 Å². The van der Waals surface area contributed by atoms with E-state index in [1.807, 2.05) is 0 Å². The Morgan fingerprint density at radius 2 is 2.00 bits per heavy atom. The van der Waals surface area contributed by atoms with E-state index in [-0.39, 0.29) is 16.3 Å². The third-order valence-electron chi connectivity index (χ3n) is 5.17. The normalized spacial score (nSPS) is 14.6. The lowest BCUT2D eigenvalue weighted by Gasteiger charge is -2.27. The summed E-state index contributed by atoms with van der Waals surface area (Å²) in [5.74, 6) is -0.425. The molecule has 2 aromatic carbocycles. The highest BCUT2D eigenvalue weighted by Gasteiger charge is 2.25. The molecule has 168 valence electrons. The van der Waals surface area contributed by atoms with Crippen molar-refractivity contribution in [2.45, 2.75) is 6.42 Å². The maximum atomic E-state index is 13.5. The maximum Gasteiger partial charge on any atom is 0.270 e. The summed E-state index contributed by atoms with van der Waals surface area (Å²) < 4.78 is 6.24. The van der Waals surface area contributed by atoms with Gasteiger partial charge in [0.05, 0.1) is 38.9 Å². The van der Waals surface area contributed by atoms with Crippen LogP contribution in [0.3, 0.4) is 0 Å². The Balaban J connectivity index is 1.63. The van der Waals surface area contributed by atoms with E-state index in [4.69, 9.17) is 27.9 Å². The molecule has 0 aliphatic carbocycles. The quantitative estimate of drug-likeness (QED) is 0.343. The molecule has 1 saturated heterocycles. The average Bonchev–Trinajstić information content (AvgIpc) is 3.20. The topological polar surface area (TPSA) is 88.8 Å². The summed E-state index contributed by atoms with van der Waals surface area (Å²) in [4.78, 5) is 32.6. The van der Waals surface area contributed by atoms with Gasteiger partial charge in [-0.15, -0.1) is 0 Å². The van der Waals surface area contributed by atoms with Crippen LogP contribution in [0.5, 0.6) is 0 Å². The van der Waals surface area contributed by atoms with Gasteiger partial charge in [0.25, 0.3) is 11.6 Å². The van der Waals surface area contributed by atoms with Gasteiger partial charge in [0.2, 0.25) is 0 Å².